The van der Waals surface area contributed by atoms with E-state index in [4.69, 9.17) is 0 Å². The van der Waals surface area contributed by atoms with Gasteiger partial charge in [0, 0.05) is 6.54 Å². The third-order valence-corrected chi connectivity index (χ3v) is 4.41. The molecule has 1 saturated heterocycles. The van der Waals surface area contributed by atoms with Gasteiger partial charge in [-0.05, 0) is 31.1 Å². The fraction of sp³-hybridized carbons (Fsp3) is 0.846. The SMILES string of the molecule is CC1(C)CCCN(C(=O)NC2(C(F)(F)F)CC2)C1C(=O)O. The molecule has 2 rings (SSSR count). The number of hydrogen-bond donors (Lipinski definition) is 2. The van der Waals surface area contributed by atoms with E-state index in [1.807, 2.05) is 5.32 Å². The number of hydrogen-bond acceptors (Lipinski definition) is 2. The molecule has 1 unspecified atom stereocenters. The maximum Gasteiger partial charge on any atom is 0.411 e. The van der Waals surface area contributed by atoms with Crippen LogP contribution in [0.15, 0.2) is 0 Å². The van der Waals surface area contributed by atoms with Gasteiger partial charge >= 0.3 is 18.2 Å². The standard InChI is InChI=1S/C13H19F3N2O3/c1-11(2)4-3-7-18(8(11)9(19)20)10(21)17-12(5-6-12)13(14,15)16/h8H,3-7H2,1-2H3,(H,17,21)(H,19,20). The van der Waals surface area contributed by atoms with Crippen LogP contribution in [0.4, 0.5) is 18.0 Å². The Kier molecular flexibility index (Phi) is 3.62. The third kappa shape index (κ3) is 2.80. The van der Waals surface area contributed by atoms with Gasteiger partial charge in [-0.2, -0.15) is 13.2 Å². The molecule has 0 radical (unpaired) electrons. The first-order valence-corrected chi connectivity index (χ1v) is 6.88. The summed E-state index contributed by atoms with van der Waals surface area (Å²) in [6.45, 7) is 3.57. The highest BCUT2D eigenvalue weighted by Crippen LogP contribution is 2.49. The van der Waals surface area contributed by atoms with Crippen molar-refractivity contribution < 1.29 is 27.9 Å². The normalized spacial score (nSPS) is 27.1. The molecule has 0 spiro atoms. The minimum atomic E-state index is -4.51. The fourth-order valence-corrected chi connectivity index (χ4v) is 2.96. The average molecular weight is 308 g/mol. The van der Waals surface area contributed by atoms with Crippen LogP contribution in [0.1, 0.15) is 39.5 Å². The Hall–Kier alpha value is -1.47. The Morgan fingerprint density at radius 1 is 1.24 bits per heavy atom. The van der Waals surface area contributed by atoms with E-state index < -0.39 is 35.2 Å². The molecule has 0 aromatic rings. The number of carbonyl (C=O) groups excluding carboxylic acids is 1. The number of aliphatic carboxylic acids is 1. The van der Waals surface area contributed by atoms with Gasteiger partial charge in [-0.15, -0.1) is 0 Å². The van der Waals surface area contributed by atoms with Crippen molar-refractivity contribution in [3.8, 4) is 0 Å². The number of carboxylic acid groups (broad SMARTS) is 1. The molecule has 2 aliphatic rings. The van der Waals surface area contributed by atoms with E-state index in [2.05, 4.69) is 0 Å². The van der Waals surface area contributed by atoms with E-state index in [1.165, 1.54) is 0 Å². The van der Waals surface area contributed by atoms with Gasteiger partial charge in [0.25, 0.3) is 0 Å². The van der Waals surface area contributed by atoms with Gasteiger partial charge < -0.3 is 15.3 Å². The second-order valence-electron chi connectivity index (χ2n) is 6.54. The first-order valence-electron chi connectivity index (χ1n) is 6.88. The summed E-state index contributed by atoms with van der Waals surface area (Å²) in [6.07, 6.45) is -3.64. The number of halogens is 3. The molecular formula is C13H19F3N2O3. The molecule has 2 fully saturated rings. The number of carboxylic acids is 1. The molecule has 0 aromatic carbocycles. The predicted molar refractivity (Wildman–Crippen MR) is 67.7 cm³/mol. The first kappa shape index (κ1) is 15.9. The minimum absolute atomic E-state index is 0.153. The lowest BCUT2D eigenvalue weighted by molar-refractivity contribution is -0.164. The van der Waals surface area contributed by atoms with Crippen LogP contribution < -0.4 is 5.32 Å². The number of piperidine rings is 1. The Morgan fingerprint density at radius 2 is 1.81 bits per heavy atom. The van der Waals surface area contributed by atoms with E-state index >= 15 is 0 Å². The van der Waals surface area contributed by atoms with Crippen molar-refractivity contribution in [2.24, 2.45) is 5.41 Å². The number of amides is 2. The summed E-state index contributed by atoms with van der Waals surface area (Å²) in [4.78, 5) is 24.6. The quantitative estimate of drug-likeness (QED) is 0.823. The average Bonchev–Trinajstić information content (AvgIpc) is 3.06. The zero-order valence-electron chi connectivity index (χ0n) is 12.0. The summed E-state index contributed by atoms with van der Waals surface area (Å²) in [6, 6.07) is -2.06. The summed E-state index contributed by atoms with van der Waals surface area (Å²) in [7, 11) is 0. The molecule has 1 aliphatic carbocycles. The number of rotatable bonds is 2. The summed E-state index contributed by atoms with van der Waals surface area (Å²) in [5, 5.41) is 11.3. The smallest absolute Gasteiger partial charge is 0.411 e. The predicted octanol–water partition coefficient (Wildman–Crippen LogP) is 2.37. The first-order chi connectivity index (χ1) is 9.50. The van der Waals surface area contributed by atoms with Crippen LogP contribution in [-0.4, -0.2) is 46.3 Å². The van der Waals surface area contributed by atoms with Crippen LogP contribution in [0.2, 0.25) is 0 Å². The molecule has 21 heavy (non-hydrogen) atoms. The molecule has 1 atom stereocenters. The number of urea groups is 1. The number of nitrogens with one attached hydrogen (secondary N) is 1. The highest BCUT2D eigenvalue weighted by molar-refractivity contribution is 5.84. The second-order valence-corrected chi connectivity index (χ2v) is 6.54. The molecule has 0 aromatic heterocycles. The molecule has 120 valence electrons. The lowest BCUT2D eigenvalue weighted by atomic mass is 9.76. The van der Waals surface area contributed by atoms with Crippen molar-refractivity contribution in [3.63, 3.8) is 0 Å². The van der Waals surface area contributed by atoms with Crippen LogP contribution in [0.3, 0.4) is 0 Å². The maximum absolute atomic E-state index is 12.9. The molecule has 0 bridgehead atoms. The van der Waals surface area contributed by atoms with Crippen LogP contribution in [0, 0.1) is 5.41 Å². The van der Waals surface area contributed by atoms with Gasteiger partial charge in [0.05, 0.1) is 0 Å². The number of likely N-dealkylation sites (tertiary alicyclic amines) is 1. The maximum atomic E-state index is 12.9. The zero-order chi connectivity index (χ0) is 16.1. The van der Waals surface area contributed by atoms with Crippen LogP contribution >= 0.6 is 0 Å². The molecule has 8 heteroatoms. The van der Waals surface area contributed by atoms with Gasteiger partial charge in [0.1, 0.15) is 11.6 Å². The van der Waals surface area contributed by atoms with Crippen molar-refractivity contribution in [1.82, 2.24) is 10.2 Å². The monoisotopic (exact) mass is 308 g/mol. The van der Waals surface area contributed by atoms with Crippen LogP contribution in [0.5, 0.6) is 0 Å². The number of alkyl halides is 3. The Labute approximate surface area is 120 Å². The van der Waals surface area contributed by atoms with Gasteiger partial charge in [-0.3, -0.25) is 0 Å². The van der Waals surface area contributed by atoms with Crippen molar-refractivity contribution in [3.05, 3.63) is 0 Å². The zero-order valence-corrected chi connectivity index (χ0v) is 12.0. The third-order valence-electron chi connectivity index (χ3n) is 4.41. The molecule has 2 amide bonds. The molecule has 1 aliphatic heterocycles. The lowest BCUT2D eigenvalue weighted by Crippen LogP contribution is -2.61. The Balaban J connectivity index is 2.16. The molecule has 2 N–H and O–H groups in total. The topological polar surface area (TPSA) is 69.6 Å². The second kappa shape index (κ2) is 4.78. The van der Waals surface area contributed by atoms with Crippen molar-refractivity contribution >= 4 is 12.0 Å². The molecular weight excluding hydrogens is 289 g/mol. The molecule has 1 saturated carbocycles. The lowest BCUT2D eigenvalue weighted by Gasteiger charge is -2.44. The minimum Gasteiger partial charge on any atom is -0.480 e. The van der Waals surface area contributed by atoms with E-state index in [-0.39, 0.29) is 19.4 Å². The largest absolute Gasteiger partial charge is 0.480 e. The van der Waals surface area contributed by atoms with Crippen molar-refractivity contribution in [2.45, 2.75) is 57.3 Å². The summed E-state index contributed by atoms with van der Waals surface area (Å²) in [5.41, 5.74) is -2.84. The van der Waals surface area contributed by atoms with Crippen molar-refractivity contribution in [1.29, 1.82) is 0 Å². The van der Waals surface area contributed by atoms with Gasteiger partial charge in [-0.25, -0.2) is 9.59 Å². The summed E-state index contributed by atoms with van der Waals surface area (Å²) in [5.74, 6) is -1.19. The Morgan fingerprint density at radius 3 is 2.24 bits per heavy atom. The van der Waals surface area contributed by atoms with Gasteiger partial charge in [-0.1, -0.05) is 13.8 Å². The summed E-state index contributed by atoms with van der Waals surface area (Å²) >= 11 is 0. The molecule has 1 heterocycles. The highest BCUT2D eigenvalue weighted by atomic mass is 19.4. The summed E-state index contributed by atoms with van der Waals surface area (Å²) < 4.78 is 38.6. The van der Waals surface area contributed by atoms with E-state index in [0.29, 0.717) is 12.8 Å². The van der Waals surface area contributed by atoms with Gasteiger partial charge in [0.15, 0.2) is 0 Å². The number of nitrogens with zero attached hydrogens (tertiary/aromatic N) is 1. The van der Waals surface area contributed by atoms with E-state index in [0.717, 1.165) is 4.90 Å². The van der Waals surface area contributed by atoms with Crippen molar-refractivity contribution in [2.75, 3.05) is 6.54 Å². The van der Waals surface area contributed by atoms with Crippen LogP contribution in [-0.2, 0) is 4.79 Å². The van der Waals surface area contributed by atoms with E-state index in [1.54, 1.807) is 13.8 Å². The highest BCUT2D eigenvalue weighted by Gasteiger charge is 2.65. The van der Waals surface area contributed by atoms with E-state index in [9.17, 15) is 27.9 Å². The van der Waals surface area contributed by atoms with Gasteiger partial charge in [0.2, 0.25) is 0 Å². The molecule has 5 nitrogen and oxygen atoms in total. The fourth-order valence-electron chi connectivity index (χ4n) is 2.96. The number of carbonyl (C=O) groups is 2. The Bertz CT molecular complexity index is 458. The van der Waals surface area contributed by atoms with Crippen LogP contribution in [0.25, 0.3) is 0 Å².